The van der Waals surface area contributed by atoms with Crippen LogP contribution >= 0.6 is 11.6 Å². The lowest BCUT2D eigenvalue weighted by Crippen LogP contribution is -2.30. The molecule has 19 heavy (non-hydrogen) atoms. The molecule has 0 radical (unpaired) electrons. The van der Waals surface area contributed by atoms with Crippen LogP contribution in [0.1, 0.15) is 18.4 Å². The number of hydrogen-bond donors (Lipinski definition) is 1. The first-order valence-corrected chi connectivity index (χ1v) is 8.81. The quantitative estimate of drug-likeness (QED) is 0.908. The van der Waals surface area contributed by atoms with Gasteiger partial charge in [-0.1, -0.05) is 29.8 Å². The third kappa shape index (κ3) is 4.20. The van der Waals surface area contributed by atoms with E-state index in [2.05, 4.69) is 5.32 Å². The highest BCUT2D eigenvalue weighted by Crippen LogP contribution is 2.25. The van der Waals surface area contributed by atoms with Gasteiger partial charge in [-0.3, -0.25) is 0 Å². The summed E-state index contributed by atoms with van der Waals surface area (Å²) in [5.74, 6) is 0.971. The van der Waals surface area contributed by atoms with E-state index >= 15 is 0 Å². The van der Waals surface area contributed by atoms with Crippen LogP contribution in [-0.4, -0.2) is 33.0 Å². The normalized spacial score (nSPS) is 23.4. The molecule has 1 heterocycles. The summed E-state index contributed by atoms with van der Waals surface area (Å²) in [6, 6.07) is 8.09. The smallest absolute Gasteiger partial charge is 0.150 e. The highest BCUT2D eigenvalue weighted by molar-refractivity contribution is 7.91. The van der Waals surface area contributed by atoms with E-state index in [1.54, 1.807) is 0 Å². The standard InChI is InChI=1S/C14H20ClNO2S/c1-16-13(8-11-6-7-19(17,18)10-11)9-12-4-2-3-5-14(12)15/h2-5,11,13,16H,6-10H2,1H3. The minimum absolute atomic E-state index is 0.276. The number of sulfone groups is 1. The van der Waals surface area contributed by atoms with Crippen molar-refractivity contribution < 1.29 is 8.42 Å². The molecule has 2 unspecified atom stereocenters. The Morgan fingerprint density at radius 2 is 2.16 bits per heavy atom. The molecule has 2 atom stereocenters. The minimum atomic E-state index is -2.78. The van der Waals surface area contributed by atoms with Crippen LogP contribution in [0.15, 0.2) is 24.3 Å². The highest BCUT2D eigenvalue weighted by atomic mass is 35.5. The molecule has 3 nitrogen and oxygen atoms in total. The average molecular weight is 302 g/mol. The maximum absolute atomic E-state index is 11.5. The van der Waals surface area contributed by atoms with Gasteiger partial charge in [0.05, 0.1) is 11.5 Å². The molecule has 0 bridgehead atoms. The van der Waals surface area contributed by atoms with Crippen LogP contribution in [0.5, 0.6) is 0 Å². The Morgan fingerprint density at radius 3 is 2.74 bits per heavy atom. The monoisotopic (exact) mass is 301 g/mol. The lowest BCUT2D eigenvalue weighted by atomic mass is 9.95. The lowest BCUT2D eigenvalue weighted by Gasteiger charge is -2.20. The number of hydrogen-bond acceptors (Lipinski definition) is 3. The van der Waals surface area contributed by atoms with Crippen LogP contribution in [0.2, 0.25) is 5.02 Å². The molecule has 0 spiro atoms. The van der Waals surface area contributed by atoms with Gasteiger partial charge in [0.15, 0.2) is 9.84 Å². The van der Waals surface area contributed by atoms with Gasteiger partial charge < -0.3 is 5.32 Å². The van der Waals surface area contributed by atoms with E-state index in [0.717, 1.165) is 29.8 Å². The molecule has 1 aliphatic rings. The second-order valence-corrected chi connectivity index (χ2v) is 7.92. The zero-order chi connectivity index (χ0) is 13.9. The van der Waals surface area contributed by atoms with Gasteiger partial charge in [0.2, 0.25) is 0 Å². The number of halogens is 1. The van der Waals surface area contributed by atoms with Crippen molar-refractivity contribution in [3.05, 3.63) is 34.9 Å². The molecule has 0 saturated carbocycles. The van der Waals surface area contributed by atoms with Gasteiger partial charge in [0.25, 0.3) is 0 Å². The second-order valence-electron chi connectivity index (χ2n) is 5.29. The maximum Gasteiger partial charge on any atom is 0.150 e. The molecule has 106 valence electrons. The van der Waals surface area contributed by atoms with Crippen LogP contribution in [-0.2, 0) is 16.3 Å². The summed E-state index contributed by atoms with van der Waals surface area (Å²) in [4.78, 5) is 0. The van der Waals surface area contributed by atoms with Crippen molar-refractivity contribution in [2.45, 2.75) is 25.3 Å². The third-order valence-corrected chi connectivity index (χ3v) is 5.98. The van der Waals surface area contributed by atoms with Crippen LogP contribution in [0, 0.1) is 5.92 Å². The Labute approximate surface area is 120 Å². The van der Waals surface area contributed by atoms with Crippen molar-refractivity contribution in [3.63, 3.8) is 0 Å². The Balaban J connectivity index is 1.96. The number of nitrogens with one attached hydrogen (secondary N) is 1. The fourth-order valence-corrected chi connectivity index (χ4v) is 4.79. The van der Waals surface area contributed by atoms with Crippen molar-refractivity contribution in [2.24, 2.45) is 5.92 Å². The Bertz CT molecular complexity index is 530. The van der Waals surface area contributed by atoms with Crippen molar-refractivity contribution in [3.8, 4) is 0 Å². The van der Waals surface area contributed by atoms with Crippen molar-refractivity contribution in [2.75, 3.05) is 18.6 Å². The molecule has 1 fully saturated rings. The minimum Gasteiger partial charge on any atom is -0.317 e. The summed E-state index contributed by atoms with van der Waals surface area (Å²) in [6.45, 7) is 0. The maximum atomic E-state index is 11.5. The molecular weight excluding hydrogens is 282 g/mol. The molecule has 2 rings (SSSR count). The first-order chi connectivity index (χ1) is 9.00. The Morgan fingerprint density at radius 1 is 1.42 bits per heavy atom. The Kier molecular flexibility index (Phi) is 4.87. The molecule has 1 aromatic rings. The number of likely N-dealkylation sites (N-methyl/N-ethyl adjacent to an activating group) is 1. The molecule has 1 aromatic carbocycles. The van der Waals surface area contributed by atoms with Crippen LogP contribution in [0.4, 0.5) is 0 Å². The second kappa shape index (κ2) is 6.25. The van der Waals surface area contributed by atoms with E-state index in [1.165, 1.54) is 0 Å². The lowest BCUT2D eigenvalue weighted by molar-refractivity contribution is 0.424. The van der Waals surface area contributed by atoms with Crippen molar-refractivity contribution in [1.29, 1.82) is 0 Å². The van der Waals surface area contributed by atoms with Crippen molar-refractivity contribution in [1.82, 2.24) is 5.32 Å². The predicted molar refractivity (Wildman–Crippen MR) is 79.4 cm³/mol. The molecule has 1 saturated heterocycles. The van der Waals surface area contributed by atoms with Gasteiger partial charge in [-0.05, 0) is 43.9 Å². The zero-order valence-corrected chi connectivity index (χ0v) is 12.7. The molecule has 1 N–H and O–H groups in total. The molecule has 0 amide bonds. The van der Waals surface area contributed by atoms with Gasteiger partial charge in [-0.25, -0.2) is 8.42 Å². The van der Waals surface area contributed by atoms with Crippen LogP contribution in [0.3, 0.4) is 0 Å². The third-order valence-electron chi connectivity index (χ3n) is 3.78. The highest BCUT2D eigenvalue weighted by Gasteiger charge is 2.29. The average Bonchev–Trinajstić information content (AvgIpc) is 2.70. The van der Waals surface area contributed by atoms with E-state index in [-0.39, 0.29) is 12.0 Å². The predicted octanol–water partition coefficient (Wildman–Crippen LogP) is 2.30. The summed E-state index contributed by atoms with van der Waals surface area (Å²) in [5.41, 5.74) is 1.12. The summed E-state index contributed by atoms with van der Waals surface area (Å²) < 4.78 is 23.0. The van der Waals surface area contributed by atoms with Gasteiger partial charge in [0, 0.05) is 11.1 Å². The summed E-state index contributed by atoms with van der Waals surface area (Å²) in [7, 11) is -0.863. The molecule has 5 heteroatoms. The van der Waals surface area contributed by atoms with E-state index in [1.807, 2.05) is 31.3 Å². The molecule has 1 aliphatic heterocycles. The fraction of sp³-hybridized carbons (Fsp3) is 0.571. The summed E-state index contributed by atoms with van der Waals surface area (Å²) in [6.07, 6.45) is 2.52. The SMILES string of the molecule is CNC(Cc1ccccc1Cl)CC1CCS(=O)(=O)C1. The Hall–Kier alpha value is -0.580. The molecule has 0 aliphatic carbocycles. The number of rotatable bonds is 5. The van der Waals surface area contributed by atoms with Gasteiger partial charge in [-0.2, -0.15) is 0 Å². The first-order valence-electron chi connectivity index (χ1n) is 6.61. The van der Waals surface area contributed by atoms with E-state index in [0.29, 0.717) is 11.5 Å². The van der Waals surface area contributed by atoms with Gasteiger partial charge >= 0.3 is 0 Å². The van der Waals surface area contributed by atoms with Gasteiger partial charge in [-0.15, -0.1) is 0 Å². The van der Waals surface area contributed by atoms with E-state index in [9.17, 15) is 8.42 Å². The van der Waals surface area contributed by atoms with Crippen LogP contribution in [0.25, 0.3) is 0 Å². The van der Waals surface area contributed by atoms with E-state index < -0.39 is 9.84 Å². The molecular formula is C14H20ClNO2S. The van der Waals surface area contributed by atoms with Crippen molar-refractivity contribution >= 4 is 21.4 Å². The number of benzene rings is 1. The summed E-state index contributed by atoms with van der Waals surface area (Å²) in [5, 5.41) is 4.06. The largest absolute Gasteiger partial charge is 0.317 e. The van der Waals surface area contributed by atoms with E-state index in [4.69, 9.17) is 11.6 Å². The molecule has 0 aromatic heterocycles. The first kappa shape index (κ1) is 14.8. The summed E-state index contributed by atoms with van der Waals surface area (Å²) >= 11 is 6.16. The fourth-order valence-electron chi connectivity index (χ4n) is 2.69. The van der Waals surface area contributed by atoms with Gasteiger partial charge in [0.1, 0.15) is 0 Å². The zero-order valence-electron chi connectivity index (χ0n) is 11.1. The van der Waals surface area contributed by atoms with Crippen LogP contribution < -0.4 is 5.32 Å². The topological polar surface area (TPSA) is 46.2 Å².